The topological polar surface area (TPSA) is 76.4 Å². The third-order valence-electron chi connectivity index (χ3n) is 3.87. The van der Waals surface area contributed by atoms with Crippen LogP contribution in [0.25, 0.3) is 0 Å². The average Bonchev–Trinajstić information content (AvgIpc) is 2.69. The fourth-order valence-electron chi connectivity index (χ4n) is 2.65. The van der Waals surface area contributed by atoms with Gasteiger partial charge in [-0.2, -0.15) is 5.26 Å². The molecule has 0 saturated carbocycles. The Labute approximate surface area is 136 Å². The molecule has 3 amide bonds. The van der Waals surface area contributed by atoms with Gasteiger partial charge in [0.1, 0.15) is 5.54 Å². The molecule has 1 aromatic rings. The van der Waals surface area contributed by atoms with Crippen LogP contribution in [0.2, 0.25) is 0 Å². The van der Waals surface area contributed by atoms with Gasteiger partial charge in [-0.05, 0) is 51.6 Å². The van der Waals surface area contributed by atoms with Crippen LogP contribution in [0.3, 0.4) is 0 Å². The molecule has 0 aromatic heterocycles. The zero-order chi connectivity index (χ0) is 17.0. The van der Waals surface area contributed by atoms with Crippen LogP contribution in [-0.2, 0) is 11.3 Å². The third kappa shape index (κ3) is 4.08. The summed E-state index contributed by atoms with van der Waals surface area (Å²) in [6, 6.07) is 9.32. The van der Waals surface area contributed by atoms with E-state index in [2.05, 4.69) is 16.3 Å². The summed E-state index contributed by atoms with van der Waals surface area (Å²) in [5.41, 5.74) is 0.918. The van der Waals surface area contributed by atoms with E-state index in [1.807, 2.05) is 25.2 Å². The summed E-state index contributed by atoms with van der Waals surface area (Å²) >= 11 is 0. The molecular formula is C17H22N4O2. The molecule has 1 heterocycles. The number of urea groups is 1. The first-order chi connectivity index (χ1) is 10.8. The summed E-state index contributed by atoms with van der Waals surface area (Å²) in [6.07, 6.45) is 0.712. The Morgan fingerprint density at radius 2 is 2.09 bits per heavy atom. The number of imide groups is 1. The van der Waals surface area contributed by atoms with Crippen LogP contribution in [0.15, 0.2) is 24.3 Å². The van der Waals surface area contributed by atoms with Crippen LogP contribution in [0, 0.1) is 11.3 Å². The Morgan fingerprint density at radius 3 is 2.70 bits per heavy atom. The Balaban J connectivity index is 1.81. The van der Waals surface area contributed by atoms with Gasteiger partial charge in [0.05, 0.1) is 11.6 Å². The second-order valence-electron chi connectivity index (χ2n) is 6.42. The lowest BCUT2D eigenvalue weighted by molar-refractivity contribution is -0.130. The highest BCUT2D eigenvalue weighted by Crippen LogP contribution is 2.16. The summed E-state index contributed by atoms with van der Waals surface area (Å²) in [6.45, 7) is 5.31. The Bertz CT molecular complexity index is 648. The van der Waals surface area contributed by atoms with E-state index >= 15 is 0 Å². The van der Waals surface area contributed by atoms with Crippen LogP contribution >= 0.6 is 0 Å². The molecule has 23 heavy (non-hydrogen) atoms. The van der Waals surface area contributed by atoms with Gasteiger partial charge < -0.3 is 10.2 Å². The van der Waals surface area contributed by atoms with Gasteiger partial charge in [-0.25, -0.2) is 4.79 Å². The summed E-state index contributed by atoms with van der Waals surface area (Å²) in [4.78, 5) is 27.3. The van der Waals surface area contributed by atoms with E-state index in [4.69, 9.17) is 5.26 Å². The van der Waals surface area contributed by atoms with Crippen molar-refractivity contribution >= 4 is 11.9 Å². The van der Waals surface area contributed by atoms with Crippen LogP contribution < -0.4 is 5.32 Å². The largest absolute Gasteiger partial charge is 0.325 e. The number of nitrogens with zero attached hydrogens (tertiary/aromatic N) is 3. The highest BCUT2D eigenvalue weighted by molar-refractivity contribution is 6.06. The van der Waals surface area contributed by atoms with E-state index in [-0.39, 0.29) is 11.9 Å². The van der Waals surface area contributed by atoms with Crippen molar-refractivity contribution in [1.82, 2.24) is 15.1 Å². The van der Waals surface area contributed by atoms with Crippen LogP contribution in [0.5, 0.6) is 0 Å². The number of hydrogen-bond donors (Lipinski definition) is 1. The van der Waals surface area contributed by atoms with Gasteiger partial charge in [0.15, 0.2) is 0 Å². The predicted molar refractivity (Wildman–Crippen MR) is 86.4 cm³/mol. The molecule has 0 spiro atoms. The Hall–Kier alpha value is -2.39. The minimum atomic E-state index is -0.805. The summed E-state index contributed by atoms with van der Waals surface area (Å²) in [5, 5.41) is 11.6. The molecule has 0 atom stereocenters. The lowest BCUT2D eigenvalue weighted by Gasteiger charge is -2.19. The van der Waals surface area contributed by atoms with E-state index in [9.17, 15) is 9.59 Å². The van der Waals surface area contributed by atoms with Gasteiger partial charge in [0.2, 0.25) is 0 Å². The molecule has 1 aliphatic heterocycles. The highest BCUT2D eigenvalue weighted by Gasteiger charge is 2.43. The highest BCUT2D eigenvalue weighted by atomic mass is 16.2. The maximum Gasteiger partial charge on any atom is 0.325 e. The molecule has 0 unspecified atom stereocenters. The standard InChI is InChI=1S/C17H22N4O2/c1-17(2)15(22)21(16(23)19-17)9-5-8-20(3)12-14-7-4-6-13(10-14)11-18/h4,6-7,10H,5,8-9,12H2,1-3H3,(H,19,23). The fourth-order valence-corrected chi connectivity index (χ4v) is 2.65. The van der Waals surface area contributed by atoms with Crippen molar-refractivity contribution in [2.24, 2.45) is 0 Å². The molecule has 1 fully saturated rings. The van der Waals surface area contributed by atoms with E-state index in [0.29, 0.717) is 18.5 Å². The second kappa shape index (κ2) is 6.80. The quantitative estimate of drug-likeness (QED) is 0.811. The maximum atomic E-state index is 12.1. The number of benzene rings is 1. The molecule has 1 N–H and O–H groups in total. The number of amides is 3. The second-order valence-corrected chi connectivity index (χ2v) is 6.42. The Kier molecular flexibility index (Phi) is 5.02. The van der Waals surface area contributed by atoms with E-state index < -0.39 is 5.54 Å². The van der Waals surface area contributed by atoms with Crippen molar-refractivity contribution in [2.75, 3.05) is 20.1 Å². The molecule has 6 heteroatoms. The third-order valence-corrected chi connectivity index (χ3v) is 3.87. The molecular weight excluding hydrogens is 292 g/mol. The lowest BCUT2D eigenvalue weighted by Crippen LogP contribution is -2.40. The first-order valence-electron chi connectivity index (χ1n) is 7.65. The monoisotopic (exact) mass is 314 g/mol. The van der Waals surface area contributed by atoms with Crippen LogP contribution in [0.1, 0.15) is 31.4 Å². The van der Waals surface area contributed by atoms with Crippen LogP contribution in [0.4, 0.5) is 4.79 Å². The van der Waals surface area contributed by atoms with E-state index in [1.165, 1.54) is 4.90 Å². The maximum absolute atomic E-state index is 12.1. The molecule has 0 radical (unpaired) electrons. The van der Waals surface area contributed by atoms with Gasteiger partial charge in [-0.1, -0.05) is 12.1 Å². The SMILES string of the molecule is CN(CCCN1C(=O)NC(C)(C)C1=O)Cc1cccc(C#N)c1. The van der Waals surface area contributed by atoms with Crippen molar-refractivity contribution < 1.29 is 9.59 Å². The van der Waals surface area contributed by atoms with Crippen molar-refractivity contribution in [3.05, 3.63) is 35.4 Å². The predicted octanol–water partition coefficient (Wildman–Crippen LogP) is 1.71. The minimum absolute atomic E-state index is 0.174. The molecule has 122 valence electrons. The molecule has 6 nitrogen and oxygen atoms in total. The number of carbonyl (C=O) groups excluding carboxylic acids is 2. The molecule has 0 aliphatic carbocycles. The zero-order valence-corrected chi connectivity index (χ0v) is 13.8. The zero-order valence-electron chi connectivity index (χ0n) is 13.8. The van der Waals surface area contributed by atoms with E-state index in [0.717, 1.165) is 18.7 Å². The van der Waals surface area contributed by atoms with Gasteiger partial charge in [-0.3, -0.25) is 9.69 Å². The molecule has 0 bridgehead atoms. The number of hydrogen-bond acceptors (Lipinski definition) is 4. The smallest absolute Gasteiger partial charge is 0.324 e. The van der Waals surface area contributed by atoms with Crippen LogP contribution in [-0.4, -0.2) is 47.4 Å². The van der Waals surface area contributed by atoms with Gasteiger partial charge in [0, 0.05) is 13.1 Å². The van der Waals surface area contributed by atoms with Gasteiger partial charge in [0.25, 0.3) is 5.91 Å². The van der Waals surface area contributed by atoms with Gasteiger partial charge >= 0.3 is 6.03 Å². The van der Waals surface area contributed by atoms with Crippen molar-refractivity contribution in [3.8, 4) is 6.07 Å². The van der Waals surface area contributed by atoms with E-state index in [1.54, 1.807) is 19.9 Å². The van der Waals surface area contributed by atoms with Crippen molar-refractivity contribution in [2.45, 2.75) is 32.4 Å². The molecule has 1 aliphatic rings. The van der Waals surface area contributed by atoms with Gasteiger partial charge in [-0.15, -0.1) is 0 Å². The van der Waals surface area contributed by atoms with Crippen molar-refractivity contribution in [3.63, 3.8) is 0 Å². The first kappa shape index (κ1) is 17.0. The average molecular weight is 314 g/mol. The number of carbonyl (C=O) groups is 2. The first-order valence-corrected chi connectivity index (χ1v) is 7.65. The fraction of sp³-hybridized carbons (Fsp3) is 0.471. The minimum Gasteiger partial charge on any atom is -0.324 e. The molecule has 1 saturated heterocycles. The number of nitriles is 1. The summed E-state index contributed by atoms with van der Waals surface area (Å²) < 4.78 is 0. The molecule has 2 rings (SSSR count). The summed E-state index contributed by atoms with van der Waals surface area (Å²) in [5.74, 6) is -0.174. The lowest BCUT2D eigenvalue weighted by atomic mass is 10.1. The Morgan fingerprint density at radius 1 is 1.35 bits per heavy atom. The summed E-state index contributed by atoms with van der Waals surface area (Å²) in [7, 11) is 1.98. The normalized spacial score (nSPS) is 16.6. The number of nitrogens with one attached hydrogen (secondary N) is 1. The van der Waals surface area contributed by atoms with Crippen molar-refractivity contribution in [1.29, 1.82) is 5.26 Å². The number of rotatable bonds is 6. The molecule has 1 aromatic carbocycles.